The minimum Gasteiger partial charge on any atom is -0.465 e. The quantitative estimate of drug-likeness (QED) is 0.220. The Bertz CT molecular complexity index is 1130. The third-order valence-corrected chi connectivity index (χ3v) is 6.00. The summed E-state index contributed by atoms with van der Waals surface area (Å²) in [6.45, 7) is 11.6. The number of aliphatic hydroxyl groups excluding tert-OH is 1. The number of hydrogen-bond donors (Lipinski definition) is 2. The Morgan fingerprint density at radius 2 is 2.09 bits per heavy atom. The summed E-state index contributed by atoms with van der Waals surface area (Å²) in [5.41, 5.74) is 4.39. The molecule has 0 bridgehead atoms. The van der Waals surface area contributed by atoms with Gasteiger partial charge in [0, 0.05) is 30.4 Å². The lowest BCUT2D eigenvalue weighted by Gasteiger charge is -2.31. The van der Waals surface area contributed by atoms with Gasteiger partial charge in [0.25, 0.3) is 0 Å². The fourth-order valence-electron chi connectivity index (χ4n) is 4.33. The van der Waals surface area contributed by atoms with Crippen LogP contribution >= 0.6 is 0 Å². The number of carbonyl (C=O) groups is 2. The van der Waals surface area contributed by atoms with E-state index in [1.807, 2.05) is 37.5 Å². The summed E-state index contributed by atoms with van der Waals surface area (Å²) in [7, 11) is 0. The Kier molecular flexibility index (Phi) is 9.33. The van der Waals surface area contributed by atoms with Gasteiger partial charge < -0.3 is 19.7 Å². The summed E-state index contributed by atoms with van der Waals surface area (Å²) in [5.74, 6) is 0.472. The van der Waals surface area contributed by atoms with Crippen LogP contribution in [-0.4, -0.2) is 76.4 Å². The van der Waals surface area contributed by atoms with Gasteiger partial charge >= 0.3 is 5.97 Å². The van der Waals surface area contributed by atoms with Crippen molar-refractivity contribution in [3.8, 4) is 0 Å². The number of imidazole rings is 1. The molecule has 0 aliphatic carbocycles. The van der Waals surface area contributed by atoms with E-state index in [-0.39, 0.29) is 18.6 Å². The molecule has 0 amide bonds. The highest BCUT2D eigenvalue weighted by Gasteiger charge is 2.24. The summed E-state index contributed by atoms with van der Waals surface area (Å²) >= 11 is 0. The van der Waals surface area contributed by atoms with E-state index in [1.165, 1.54) is 0 Å². The number of nitrogens with zero attached hydrogens (tertiary/aromatic N) is 4. The lowest BCUT2D eigenvalue weighted by Crippen LogP contribution is -2.42. The molecule has 188 valence electrons. The number of esters is 1. The highest BCUT2D eigenvalue weighted by molar-refractivity contribution is 5.92. The molecule has 0 atom stereocenters. The molecule has 2 aromatic rings. The number of hydrogen-bond acceptors (Lipinski definition) is 8. The average molecular weight is 482 g/mol. The first-order chi connectivity index (χ1) is 16.9. The van der Waals surface area contributed by atoms with E-state index in [4.69, 9.17) is 9.72 Å². The van der Waals surface area contributed by atoms with Crippen LogP contribution in [-0.2, 0) is 16.1 Å². The van der Waals surface area contributed by atoms with Crippen LogP contribution in [0.1, 0.15) is 42.6 Å². The molecule has 1 aliphatic heterocycles. The molecule has 0 saturated carbocycles. The van der Waals surface area contributed by atoms with Gasteiger partial charge in [0.2, 0.25) is 5.95 Å². The van der Waals surface area contributed by atoms with Gasteiger partial charge in [-0.1, -0.05) is 12.7 Å². The summed E-state index contributed by atoms with van der Waals surface area (Å²) in [4.78, 5) is 34.8. The highest BCUT2D eigenvalue weighted by Crippen LogP contribution is 2.26. The van der Waals surface area contributed by atoms with Gasteiger partial charge in [-0.3, -0.25) is 19.5 Å². The van der Waals surface area contributed by atoms with Crippen molar-refractivity contribution in [1.82, 2.24) is 14.5 Å². The predicted octanol–water partition coefficient (Wildman–Crippen LogP) is 3.12. The van der Waals surface area contributed by atoms with Crippen molar-refractivity contribution < 1.29 is 19.4 Å². The lowest BCUT2D eigenvalue weighted by atomic mass is 10.1. The molecule has 0 radical (unpaired) electrons. The number of likely N-dealkylation sites (tertiary alicyclic amines) is 1. The van der Waals surface area contributed by atoms with Crippen molar-refractivity contribution in [3.63, 3.8) is 0 Å². The Labute approximate surface area is 206 Å². The van der Waals surface area contributed by atoms with Crippen LogP contribution < -0.4 is 5.32 Å². The highest BCUT2D eigenvalue weighted by atomic mass is 16.5. The number of ether oxygens (including phenoxy) is 1. The summed E-state index contributed by atoms with van der Waals surface area (Å²) in [5, 5.41) is 13.5. The second-order valence-electron chi connectivity index (χ2n) is 8.72. The molecule has 9 nitrogen and oxygen atoms in total. The molecule has 2 N–H and O–H groups in total. The third-order valence-electron chi connectivity index (χ3n) is 6.00. The molecule has 0 unspecified atom stereocenters. The van der Waals surface area contributed by atoms with Crippen molar-refractivity contribution in [2.24, 2.45) is 4.99 Å². The number of rotatable bonds is 11. The first-order valence-corrected chi connectivity index (χ1v) is 12.0. The van der Waals surface area contributed by atoms with Gasteiger partial charge in [0.1, 0.15) is 6.29 Å². The van der Waals surface area contributed by atoms with Gasteiger partial charge in [0.15, 0.2) is 0 Å². The third kappa shape index (κ3) is 6.86. The maximum Gasteiger partial charge on any atom is 0.320 e. The average Bonchev–Trinajstić information content (AvgIpc) is 3.17. The number of anilines is 1. The van der Waals surface area contributed by atoms with E-state index in [2.05, 4.69) is 21.8 Å². The SMILES string of the molecule is C=C/C=C(C)\N=C(/CO)Cn1c(NC2CCN(CC(=O)OCC)CC2)nc2c(C)cc(C=O)cc21. The minimum absolute atomic E-state index is 0.173. The molecule has 35 heavy (non-hydrogen) atoms. The van der Waals surface area contributed by atoms with Gasteiger partial charge in [-0.15, -0.1) is 0 Å². The topological polar surface area (TPSA) is 109 Å². The first-order valence-electron chi connectivity index (χ1n) is 12.0. The first kappa shape index (κ1) is 26.3. The number of fused-ring (bicyclic) bond motifs is 1. The number of nitrogens with one attached hydrogen (secondary N) is 1. The number of aliphatic hydroxyl groups is 1. The number of benzene rings is 1. The van der Waals surface area contributed by atoms with Crippen molar-refractivity contribution in [2.75, 3.05) is 38.2 Å². The van der Waals surface area contributed by atoms with Crippen LogP contribution in [0.15, 0.2) is 41.6 Å². The molecule has 1 aliphatic rings. The monoisotopic (exact) mass is 481 g/mol. The molecule has 0 spiro atoms. The smallest absolute Gasteiger partial charge is 0.320 e. The molecule has 2 heterocycles. The van der Waals surface area contributed by atoms with Crippen molar-refractivity contribution in [3.05, 3.63) is 47.7 Å². The number of carbonyl (C=O) groups excluding carboxylic acids is 2. The fraction of sp³-hybridized carbons (Fsp3) is 0.462. The molecule has 9 heteroatoms. The number of aldehydes is 1. The number of allylic oxidation sites excluding steroid dienone is 3. The lowest BCUT2D eigenvalue weighted by molar-refractivity contribution is -0.144. The van der Waals surface area contributed by atoms with Crippen molar-refractivity contribution in [1.29, 1.82) is 0 Å². The Balaban J connectivity index is 1.87. The van der Waals surface area contributed by atoms with Gasteiger partial charge in [-0.2, -0.15) is 0 Å². The Hall–Kier alpha value is -3.30. The minimum atomic E-state index is -0.208. The molecular weight excluding hydrogens is 446 g/mol. The zero-order valence-electron chi connectivity index (χ0n) is 20.8. The Morgan fingerprint density at radius 3 is 2.71 bits per heavy atom. The van der Waals surface area contributed by atoms with Gasteiger partial charge in [-0.05, 0) is 57.4 Å². The number of aryl methyl sites for hydroxylation is 1. The largest absolute Gasteiger partial charge is 0.465 e. The fourth-order valence-corrected chi connectivity index (χ4v) is 4.33. The molecule has 1 aromatic carbocycles. The number of piperidine rings is 1. The van der Waals surface area contributed by atoms with Crippen LogP contribution in [0.25, 0.3) is 11.0 Å². The van der Waals surface area contributed by atoms with E-state index >= 15 is 0 Å². The van der Waals surface area contributed by atoms with E-state index in [9.17, 15) is 14.7 Å². The maximum atomic E-state index is 11.8. The van der Waals surface area contributed by atoms with E-state index in [1.54, 1.807) is 12.2 Å². The second-order valence-corrected chi connectivity index (χ2v) is 8.72. The zero-order valence-corrected chi connectivity index (χ0v) is 20.8. The van der Waals surface area contributed by atoms with E-state index < -0.39 is 0 Å². The van der Waals surface area contributed by atoms with Crippen LogP contribution in [0.4, 0.5) is 5.95 Å². The van der Waals surface area contributed by atoms with Gasteiger partial charge in [0.05, 0.1) is 43.0 Å². The normalized spacial score (nSPS) is 15.9. The van der Waals surface area contributed by atoms with Crippen molar-refractivity contribution in [2.45, 2.75) is 46.2 Å². The van der Waals surface area contributed by atoms with Crippen LogP contribution in [0.5, 0.6) is 0 Å². The molecule has 1 fully saturated rings. The van der Waals surface area contributed by atoms with E-state index in [0.717, 1.165) is 54.5 Å². The van der Waals surface area contributed by atoms with Crippen LogP contribution in [0.3, 0.4) is 0 Å². The van der Waals surface area contributed by atoms with Crippen LogP contribution in [0.2, 0.25) is 0 Å². The summed E-state index contributed by atoms with van der Waals surface area (Å²) in [6, 6.07) is 3.81. The summed E-state index contributed by atoms with van der Waals surface area (Å²) < 4.78 is 7.03. The number of aromatic nitrogens is 2. The maximum absolute atomic E-state index is 11.8. The van der Waals surface area contributed by atoms with Crippen LogP contribution in [0, 0.1) is 6.92 Å². The van der Waals surface area contributed by atoms with E-state index in [0.29, 0.717) is 36.9 Å². The zero-order chi connectivity index (χ0) is 25.4. The number of aliphatic imine (C=N–C) groups is 1. The standard InChI is InChI=1S/C26H35N5O4/c1-5-7-19(4)27-22(17-33)14-31-23-13-20(16-32)12-18(3)25(23)29-26(31)28-21-8-10-30(11-9-21)15-24(34)35-6-2/h5,7,12-13,16,21,33H,1,6,8-11,14-15,17H2,2-4H3,(H,28,29)/b19-7-,27-22-. The summed E-state index contributed by atoms with van der Waals surface area (Å²) in [6.07, 6.45) is 5.96. The van der Waals surface area contributed by atoms with Crippen molar-refractivity contribution >= 4 is 34.9 Å². The Morgan fingerprint density at radius 1 is 1.34 bits per heavy atom. The molecular formula is C26H35N5O4. The molecule has 1 saturated heterocycles. The predicted molar refractivity (Wildman–Crippen MR) is 138 cm³/mol. The van der Waals surface area contributed by atoms with Gasteiger partial charge in [-0.25, -0.2) is 4.98 Å². The molecule has 1 aromatic heterocycles. The second kappa shape index (κ2) is 12.4. The molecule has 3 rings (SSSR count).